The molecule has 4 rings (SSSR count). The number of hydrogen-bond acceptors (Lipinski definition) is 4. The van der Waals surface area contributed by atoms with Crippen LogP contribution in [0.4, 0.5) is 5.69 Å². The number of fused-ring (bicyclic) bond motifs is 1. The second-order valence-corrected chi connectivity index (χ2v) is 11.3. The summed E-state index contributed by atoms with van der Waals surface area (Å²) in [5.41, 5.74) is 3.01. The van der Waals surface area contributed by atoms with Crippen LogP contribution in [0.15, 0.2) is 60.9 Å². The number of hydrogen-bond donors (Lipinski definition) is 0. The zero-order valence-corrected chi connectivity index (χ0v) is 24.8. The van der Waals surface area contributed by atoms with Crippen LogP contribution >= 0.6 is 11.6 Å². The molecule has 214 valence electrons. The lowest BCUT2D eigenvalue weighted by Gasteiger charge is -2.28. The Labute approximate surface area is 243 Å². The first-order valence-electron chi connectivity index (χ1n) is 14.5. The molecule has 0 spiro atoms. The van der Waals surface area contributed by atoms with Crippen molar-refractivity contribution in [2.45, 2.75) is 72.0 Å². The van der Waals surface area contributed by atoms with Crippen molar-refractivity contribution in [2.75, 3.05) is 31.1 Å². The molecule has 0 aliphatic carbocycles. The lowest BCUT2D eigenvalue weighted by Crippen LogP contribution is -2.38. The second-order valence-electron chi connectivity index (χ2n) is 10.9. The van der Waals surface area contributed by atoms with Crippen molar-refractivity contribution >= 4 is 29.1 Å². The van der Waals surface area contributed by atoms with Crippen molar-refractivity contribution in [3.8, 4) is 0 Å². The largest absolute Gasteiger partial charge is 0.337 e. The Morgan fingerprint density at radius 1 is 0.975 bits per heavy atom. The number of amides is 2. The van der Waals surface area contributed by atoms with E-state index in [1.165, 1.54) is 5.56 Å². The molecule has 2 heterocycles. The summed E-state index contributed by atoms with van der Waals surface area (Å²) < 4.78 is 2.08. The molecule has 0 radical (unpaired) electrons. The number of imidazole rings is 1. The van der Waals surface area contributed by atoms with Crippen LogP contribution in [-0.4, -0.2) is 57.3 Å². The van der Waals surface area contributed by atoms with E-state index in [9.17, 15) is 9.59 Å². The second kappa shape index (κ2) is 14.5. The molecule has 0 fully saturated rings. The van der Waals surface area contributed by atoms with E-state index in [0.29, 0.717) is 44.0 Å². The smallest absolute Gasteiger partial charge is 0.226 e. The summed E-state index contributed by atoms with van der Waals surface area (Å²) >= 11 is 6.45. The number of carbonyl (C=O) groups excluding carboxylic acids is 2. The molecule has 2 amide bonds. The standard InChI is InChI=1S/C32H42ClN5O2/c1-4-9-31(40)38-17-8-16-35(23-26-10-6-5-7-11-26)20-21-37(24-27-12-13-28(33)22-29(27)38)30(39)14-18-36-19-15-34-32(36)25(2)3/h5-7,10-13,15,19,22,25H,4,8-9,14,16-18,20-21,23-24H2,1-3H3. The lowest BCUT2D eigenvalue weighted by molar-refractivity contribution is -0.132. The summed E-state index contributed by atoms with van der Waals surface area (Å²) in [7, 11) is 0. The van der Waals surface area contributed by atoms with Crippen LogP contribution in [0.25, 0.3) is 0 Å². The quantitative estimate of drug-likeness (QED) is 0.331. The Hall–Kier alpha value is -3.16. The molecule has 0 saturated carbocycles. The fourth-order valence-electron chi connectivity index (χ4n) is 5.36. The molecule has 3 aromatic rings. The average molecular weight is 564 g/mol. The predicted molar refractivity (Wildman–Crippen MR) is 161 cm³/mol. The maximum absolute atomic E-state index is 13.8. The first-order valence-corrected chi connectivity index (χ1v) is 14.9. The van der Waals surface area contributed by atoms with Crippen molar-refractivity contribution in [3.05, 3.63) is 82.9 Å². The van der Waals surface area contributed by atoms with Gasteiger partial charge in [-0.25, -0.2) is 4.98 Å². The molecule has 0 bridgehead atoms. The number of aromatic nitrogens is 2. The maximum Gasteiger partial charge on any atom is 0.226 e. The minimum atomic E-state index is 0.0923. The van der Waals surface area contributed by atoms with E-state index in [4.69, 9.17) is 11.6 Å². The van der Waals surface area contributed by atoms with Gasteiger partial charge in [-0.05, 0) is 36.1 Å². The lowest BCUT2D eigenvalue weighted by atomic mass is 10.1. The van der Waals surface area contributed by atoms with Crippen LogP contribution in [0, 0.1) is 0 Å². The Balaban J connectivity index is 1.62. The molecule has 0 unspecified atom stereocenters. The summed E-state index contributed by atoms with van der Waals surface area (Å²) in [6, 6.07) is 16.1. The molecular weight excluding hydrogens is 522 g/mol. The molecule has 2 aromatic carbocycles. The van der Waals surface area contributed by atoms with E-state index < -0.39 is 0 Å². The molecule has 1 aliphatic rings. The van der Waals surface area contributed by atoms with E-state index >= 15 is 0 Å². The van der Waals surface area contributed by atoms with Gasteiger partial charge in [0, 0.05) is 82.0 Å². The molecule has 1 aromatic heterocycles. The summed E-state index contributed by atoms with van der Waals surface area (Å²) in [5, 5.41) is 0.591. The van der Waals surface area contributed by atoms with Crippen molar-refractivity contribution in [1.29, 1.82) is 0 Å². The predicted octanol–water partition coefficient (Wildman–Crippen LogP) is 6.12. The highest BCUT2D eigenvalue weighted by molar-refractivity contribution is 6.31. The Bertz CT molecular complexity index is 1260. The number of nitrogens with zero attached hydrogens (tertiary/aromatic N) is 5. The highest BCUT2D eigenvalue weighted by atomic mass is 35.5. The van der Waals surface area contributed by atoms with Gasteiger partial charge in [-0.15, -0.1) is 0 Å². The minimum absolute atomic E-state index is 0.0923. The van der Waals surface area contributed by atoms with Gasteiger partial charge in [0.2, 0.25) is 11.8 Å². The van der Waals surface area contributed by atoms with Gasteiger partial charge >= 0.3 is 0 Å². The monoisotopic (exact) mass is 563 g/mol. The van der Waals surface area contributed by atoms with E-state index in [-0.39, 0.29) is 17.7 Å². The van der Waals surface area contributed by atoms with Gasteiger partial charge in [0.1, 0.15) is 5.82 Å². The van der Waals surface area contributed by atoms with E-state index in [1.807, 2.05) is 47.2 Å². The average Bonchev–Trinajstić information content (AvgIpc) is 3.41. The topological polar surface area (TPSA) is 61.7 Å². The third-order valence-electron chi connectivity index (χ3n) is 7.44. The highest BCUT2D eigenvalue weighted by Crippen LogP contribution is 2.28. The Kier molecular flexibility index (Phi) is 10.8. The number of anilines is 1. The molecule has 8 heteroatoms. The maximum atomic E-state index is 13.8. The van der Waals surface area contributed by atoms with Crippen molar-refractivity contribution in [2.24, 2.45) is 0 Å². The van der Waals surface area contributed by atoms with Gasteiger partial charge in [0.05, 0.1) is 5.69 Å². The van der Waals surface area contributed by atoms with Gasteiger partial charge in [-0.1, -0.05) is 68.8 Å². The normalized spacial score (nSPS) is 15.1. The molecule has 7 nitrogen and oxygen atoms in total. The molecule has 0 saturated heterocycles. The number of benzene rings is 2. The zero-order valence-electron chi connectivity index (χ0n) is 24.1. The van der Waals surface area contributed by atoms with Crippen LogP contribution in [-0.2, 0) is 29.2 Å². The van der Waals surface area contributed by atoms with Gasteiger partial charge in [0.25, 0.3) is 0 Å². The SMILES string of the molecule is CCCC(=O)N1CCCN(Cc2ccccc2)CCN(C(=O)CCn2ccnc2C(C)C)Cc2ccc(Cl)cc21. The third-order valence-corrected chi connectivity index (χ3v) is 7.67. The van der Waals surface area contributed by atoms with Gasteiger partial charge < -0.3 is 14.4 Å². The van der Waals surface area contributed by atoms with Crippen LogP contribution in [0.2, 0.25) is 5.02 Å². The molecule has 0 atom stereocenters. The van der Waals surface area contributed by atoms with Gasteiger partial charge in [0.15, 0.2) is 0 Å². The molecule has 0 N–H and O–H groups in total. The molecular formula is C32H42ClN5O2. The fourth-order valence-corrected chi connectivity index (χ4v) is 5.53. The summed E-state index contributed by atoms with van der Waals surface area (Å²) in [4.78, 5) is 37.8. The summed E-state index contributed by atoms with van der Waals surface area (Å²) in [5.74, 6) is 1.47. The van der Waals surface area contributed by atoms with E-state index in [0.717, 1.165) is 49.6 Å². The van der Waals surface area contributed by atoms with Crippen LogP contribution < -0.4 is 4.90 Å². The van der Waals surface area contributed by atoms with Gasteiger partial charge in [-0.3, -0.25) is 14.5 Å². The van der Waals surface area contributed by atoms with E-state index in [1.54, 1.807) is 6.20 Å². The number of carbonyl (C=O) groups is 2. The number of halogens is 1. The summed E-state index contributed by atoms with van der Waals surface area (Å²) in [6.45, 7) is 10.9. The van der Waals surface area contributed by atoms with E-state index in [2.05, 4.69) is 52.6 Å². The first kappa shape index (κ1) is 29.8. The van der Waals surface area contributed by atoms with Crippen molar-refractivity contribution in [3.63, 3.8) is 0 Å². The van der Waals surface area contributed by atoms with Crippen LogP contribution in [0.1, 0.15) is 69.3 Å². The molecule has 40 heavy (non-hydrogen) atoms. The Morgan fingerprint density at radius 2 is 1.77 bits per heavy atom. The van der Waals surface area contributed by atoms with Crippen LogP contribution in [0.3, 0.4) is 0 Å². The summed E-state index contributed by atoms with van der Waals surface area (Å²) in [6.07, 6.45) is 6.23. The van der Waals surface area contributed by atoms with Gasteiger partial charge in [-0.2, -0.15) is 0 Å². The highest BCUT2D eigenvalue weighted by Gasteiger charge is 2.24. The fraction of sp³-hybridized carbons (Fsp3) is 0.469. The van der Waals surface area contributed by atoms with Crippen LogP contribution in [0.5, 0.6) is 0 Å². The molecule has 1 aliphatic heterocycles. The Morgan fingerprint density at radius 3 is 2.52 bits per heavy atom. The zero-order chi connectivity index (χ0) is 28.5. The minimum Gasteiger partial charge on any atom is -0.337 e. The van der Waals surface area contributed by atoms with Crippen molar-refractivity contribution in [1.82, 2.24) is 19.4 Å². The first-order chi connectivity index (χ1) is 19.4. The van der Waals surface area contributed by atoms with Crippen molar-refractivity contribution < 1.29 is 9.59 Å². The number of aryl methyl sites for hydroxylation is 1. The number of rotatable bonds is 8. The third kappa shape index (κ3) is 7.95.